The van der Waals surface area contributed by atoms with Crippen molar-refractivity contribution in [3.05, 3.63) is 0 Å². The number of rotatable bonds is 4. The highest BCUT2D eigenvalue weighted by molar-refractivity contribution is 5.85. The zero-order valence-corrected chi connectivity index (χ0v) is 7.83. The fourth-order valence-corrected chi connectivity index (χ4v) is 0.759. The number of nitriles is 1. The molecule has 2 amide bonds. The Morgan fingerprint density at radius 2 is 2.15 bits per heavy atom. The highest BCUT2D eigenvalue weighted by Crippen LogP contribution is 1.88. The lowest BCUT2D eigenvalue weighted by molar-refractivity contribution is -0.133. The van der Waals surface area contributed by atoms with Crippen LogP contribution in [0.3, 0.4) is 0 Å². The van der Waals surface area contributed by atoms with Crippen LogP contribution in [-0.4, -0.2) is 36.9 Å². The van der Waals surface area contributed by atoms with Crippen molar-refractivity contribution >= 4 is 11.8 Å². The van der Waals surface area contributed by atoms with Crippen LogP contribution in [0.15, 0.2) is 0 Å². The minimum absolute atomic E-state index is 0.00829. The maximum absolute atomic E-state index is 11.0. The van der Waals surface area contributed by atoms with Crippen molar-refractivity contribution in [2.75, 3.05) is 20.1 Å². The number of carbonyl (C=O) groups excluding carboxylic acids is 2. The molecular weight excluding hydrogens is 170 g/mol. The highest BCUT2D eigenvalue weighted by Gasteiger charge is 2.10. The number of carbonyl (C=O) groups is 2. The molecule has 0 radical (unpaired) electrons. The zero-order chi connectivity index (χ0) is 10.3. The molecule has 0 aliphatic rings. The van der Waals surface area contributed by atoms with E-state index >= 15 is 0 Å². The molecule has 0 heterocycles. The largest absolute Gasteiger partial charge is 0.355 e. The van der Waals surface area contributed by atoms with Crippen molar-refractivity contribution in [2.45, 2.75) is 13.3 Å². The molecule has 72 valence electrons. The van der Waals surface area contributed by atoms with Crippen LogP contribution in [0.5, 0.6) is 0 Å². The fourth-order valence-electron chi connectivity index (χ4n) is 0.759. The van der Waals surface area contributed by atoms with Crippen molar-refractivity contribution in [2.24, 2.45) is 0 Å². The summed E-state index contributed by atoms with van der Waals surface area (Å²) in [6.07, 6.45) is -0.185. The molecule has 0 rings (SSSR count). The van der Waals surface area contributed by atoms with E-state index < -0.39 is 0 Å². The minimum atomic E-state index is -0.339. The SMILES string of the molecule is CCNC(=O)CN(C)C(=O)CC#N. The lowest BCUT2D eigenvalue weighted by Crippen LogP contribution is -2.38. The molecule has 5 nitrogen and oxygen atoms in total. The van der Waals surface area contributed by atoms with Gasteiger partial charge in [-0.3, -0.25) is 9.59 Å². The summed E-state index contributed by atoms with van der Waals surface area (Å²) in [5, 5.41) is 10.8. The van der Waals surface area contributed by atoms with Crippen LogP contribution in [0.2, 0.25) is 0 Å². The van der Waals surface area contributed by atoms with E-state index in [0.29, 0.717) is 6.54 Å². The number of nitrogens with one attached hydrogen (secondary N) is 1. The summed E-state index contributed by atoms with van der Waals surface area (Å²) in [7, 11) is 1.49. The van der Waals surface area contributed by atoms with E-state index in [-0.39, 0.29) is 24.8 Å². The third-order valence-electron chi connectivity index (χ3n) is 1.41. The predicted molar refractivity (Wildman–Crippen MR) is 46.6 cm³/mol. The summed E-state index contributed by atoms with van der Waals surface area (Å²) in [6, 6.07) is 1.73. The zero-order valence-electron chi connectivity index (χ0n) is 7.83. The summed E-state index contributed by atoms with van der Waals surface area (Å²) >= 11 is 0. The Morgan fingerprint density at radius 1 is 1.54 bits per heavy atom. The van der Waals surface area contributed by atoms with Gasteiger partial charge in [0.15, 0.2) is 0 Å². The molecule has 13 heavy (non-hydrogen) atoms. The second kappa shape index (κ2) is 6.00. The molecule has 0 fully saturated rings. The summed E-state index contributed by atoms with van der Waals surface area (Å²) in [5.41, 5.74) is 0. The van der Waals surface area contributed by atoms with Gasteiger partial charge in [-0.25, -0.2) is 0 Å². The van der Waals surface area contributed by atoms with Gasteiger partial charge >= 0.3 is 0 Å². The van der Waals surface area contributed by atoms with E-state index in [0.717, 1.165) is 0 Å². The lowest BCUT2D eigenvalue weighted by atomic mass is 10.4. The fraction of sp³-hybridized carbons (Fsp3) is 0.625. The number of likely N-dealkylation sites (N-methyl/N-ethyl adjacent to an activating group) is 2. The van der Waals surface area contributed by atoms with Crippen LogP contribution in [-0.2, 0) is 9.59 Å². The minimum Gasteiger partial charge on any atom is -0.355 e. The lowest BCUT2D eigenvalue weighted by Gasteiger charge is -2.14. The second-order valence-electron chi connectivity index (χ2n) is 2.54. The molecule has 5 heteroatoms. The number of nitrogens with zero attached hydrogens (tertiary/aromatic N) is 2. The van der Waals surface area contributed by atoms with Crippen molar-refractivity contribution in [3.8, 4) is 6.07 Å². The van der Waals surface area contributed by atoms with E-state index in [1.165, 1.54) is 11.9 Å². The molecule has 0 aromatic heterocycles. The first-order valence-electron chi connectivity index (χ1n) is 3.99. The molecule has 0 spiro atoms. The summed E-state index contributed by atoms with van der Waals surface area (Å²) in [5.74, 6) is -0.551. The van der Waals surface area contributed by atoms with Crippen LogP contribution in [0.1, 0.15) is 13.3 Å². The summed E-state index contributed by atoms with van der Waals surface area (Å²) in [6.45, 7) is 2.35. The molecule has 0 aromatic carbocycles. The number of hydrogen-bond acceptors (Lipinski definition) is 3. The molecule has 0 aliphatic heterocycles. The smallest absolute Gasteiger partial charge is 0.239 e. The van der Waals surface area contributed by atoms with Crippen LogP contribution >= 0.6 is 0 Å². The first kappa shape index (κ1) is 11.4. The first-order chi connectivity index (χ1) is 6.11. The Balaban J connectivity index is 3.86. The van der Waals surface area contributed by atoms with Crippen LogP contribution < -0.4 is 5.32 Å². The second-order valence-corrected chi connectivity index (χ2v) is 2.54. The third-order valence-corrected chi connectivity index (χ3v) is 1.41. The maximum Gasteiger partial charge on any atom is 0.239 e. The van der Waals surface area contributed by atoms with Gasteiger partial charge in [0.1, 0.15) is 6.42 Å². The van der Waals surface area contributed by atoms with E-state index in [2.05, 4.69) is 5.32 Å². The van der Waals surface area contributed by atoms with Gasteiger partial charge in [0.2, 0.25) is 11.8 Å². The Morgan fingerprint density at radius 3 is 2.62 bits per heavy atom. The van der Waals surface area contributed by atoms with Gasteiger partial charge in [0.25, 0.3) is 0 Å². The van der Waals surface area contributed by atoms with Gasteiger partial charge in [-0.1, -0.05) is 0 Å². The molecule has 0 saturated carbocycles. The topological polar surface area (TPSA) is 73.2 Å². The average molecular weight is 183 g/mol. The van der Waals surface area contributed by atoms with E-state index in [9.17, 15) is 9.59 Å². The van der Waals surface area contributed by atoms with Crippen molar-refractivity contribution < 1.29 is 9.59 Å². The van der Waals surface area contributed by atoms with Gasteiger partial charge in [-0.15, -0.1) is 0 Å². The van der Waals surface area contributed by atoms with Crippen molar-refractivity contribution in [3.63, 3.8) is 0 Å². The molecule has 1 N–H and O–H groups in total. The quantitative estimate of drug-likeness (QED) is 0.638. The van der Waals surface area contributed by atoms with Crippen molar-refractivity contribution in [1.29, 1.82) is 5.26 Å². The maximum atomic E-state index is 11.0. The van der Waals surface area contributed by atoms with Crippen molar-refractivity contribution in [1.82, 2.24) is 10.2 Å². The molecule has 0 aromatic rings. The Labute approximate surface area is 77.3 Å². The molecule has 0 atom stereocenters. The predicted octanol–water partition coefficient (Wildman–Crippen LogP) is -0.505. The molecule has 0 bridgehead atoms. The molecule has 0 aliphatic carbocycles. The van der Waals surface area contributed by atoms with Crippen LogP contribution in [0.4, 0.5) is 0 Å². The molecular formula is C8H13N3O2. The Hall–Kier alpha value is -1.57. The molecule has 0 saturated heterocycles. The summed E-state index contributed by atoms with van der Waals surface area (Å²) in [4.78, 5) is 23.2. The number of hydrogen-bond donors (Lipinski definition) is 1. The van der Waals surface area contributed by atoms with Gasteiger partial charge in [0, 0.05) is 13.6 Å². The van der Waals surface area contributed by atoms with Gasteiger partial charge in [-0.2, -0.15) is 5.26 Å². The van der Waals surface area contributed by atoms with Crippen LogP contribution in [0, 0.1) is 11.3 Å². The van der Waals surface area contributed by atoms with Gasteiger partial charge in [-0.05, 0) is 6.92 Å². The van der Waals surface area contributed by atoms with Gasteiger partial charge < -0.3 is 10.2 Å². The van der Waals surface area contributed by atoms with Gasteiger partial charge in [0.05, 0.1) is 12.6 Å². The Kier molecular flexibility index (Phi) is 5.28. The normalized spacial score (nSPS) is 8.69. The third kappa shape index (κ3) is 4.80. The molecule has 0 unspecified atom stereocenters. The standard InChI is InChI=1S/C8H13N3O2/c1-3-10-7(12)6-11(2)8(13)4-5-9/h3-4,6H2,1-2H3,(H,10,12). The van der Waals surface area contributed by atoms with E-state index in [4.69, 9.17) is 5.26 Å². The van der Waals surface area contributed by atoms with E-state index in [1.54, 1.807) is 13.0 Å². The monoisotopic (exact) mass is 183 g/mol. The highest BCUT2D eigenvalue weighted by atomic mass is 16.2. The average Bonchev–Trinajstić information content (AvgIpc) is 2.05. The summed E-state index contributed by atoms with van der Waals surface area (Å²) < 4.78 is 0. The number of amides is 2. The first-order valence-corrected chi connectivity index (χ1v) is 3.99. The van der Waals surface area contributed by atoms with Crippen LogP contribution in [0.25, 0.3) is 0 Å². The Bertz CT molecular complexity index is 232. The van der Waals surface area contributed by atoms with E-state index in [1.807, 2.05) is 0 Å².